The van der Waals surface area contributed by atoms with Gasteiger partial charge in [0.25, 0.3) is 5.91 Å². The Morgan fingerprint density at radius 2 is 1.81 bits per heavy atom. The minimum Gasteiger partial charge on any atom is -0.310 e. The number of benzene rings is 2. The van der Waals surface area contributed by atoms with Crippen LogP contribution in [-0.2, 0) is 13.0 Å². The summed E-state index contributed by atoms with van der Waals surface area (Å²) >= 11 is 1.47. The molecule has 0 bridgehead atoms. The number of rotatable bonds is 6. The monoisotopic (exact) mass is 439 g/mol. The molecule has 0 aliphatic carbocycles. The first-order chi connectivity index (χ1) is 15.7. The second-order valence-corrected chi connectivity index (χ2v) is 8.31. The molecule has 158 valence electrons. The molecule has 0 spiro atoms. The average Bonchev–Trinajstić information content (AvgIpc) is 3.44. The predicted octanol–water partition coefficient (Wildman–Crippen LogP) is 5.36. The number of pyridine rings is 1. The number of nitrogens with one attached hydrogen (secondary N) is 1. The summed E-state index contributed by atoms with van der Waals surface area (Å²) in [4.78, 5) is 26.6. The topological polar surface area (TPSA) is 72.7 Å². The van der Waals surface area contributed by atoms with Crippen LogP contribution in [0.15, 0.2) is 78.3 Å². The van der Waals surface area contributed by atoms with E-state index >= 15 is 0 Å². The summed E-state index contributed by atoms with van der Waals surface area (Å²) in [7, 11) is 0. The lowest BCUT2D eigenvalue weighted by atomic mass is 10.1. The molecular weight excluding hydrogens is 418 g/mol. The lowest BCUT2D eigenvalue weighted by Crippen LogP contribution is -2.17. The third-order valence-electron chi connectivity index (χ3n) is 5.31. The van der Waals surface area contributed by atoms with E-state index in [1.54, 1.807) is 11.6 Å². The van der Waals surface area contributed by atoms with Gasteiger partial charge in [0.2, 0.25) is 5.95 Å². The lowest BCUT2D eigenvalue weighted by Gasteiger charge is -2.09. The minimum atomic E-state index is -0.268. The van der Waals surface area contributed by atoms with Gasteiger partial charge in [0.1, 0.15) is 10.7 Å². The Kier molecular flexibility index (Phi) is 5.47. The molecule has 2 aromatic carbocycles. The number of carbonyl (C=O) groups excluding carboxylic acids is 1. The van der Waals surface area contributed by atoms with Crippen molar-refractivity contribution in [2.75, 3.05) is 5.32 Å². The van der Waals surface area contributed by atoms with Crippen molar-refractivity contribution in [2.45, 2.75) is 19.9 Å². The minimum absolute atomic E-state index is 0.268. The third-order valence-corrected chi connectivity index (χ3v) is 6.19. The van der Waals surface area contributed by atoms with Gasteiger partial charge < -0.3 is 4.57 Å². The Morgan fingerprint density at radius 1 is 1.00 bits per heavy atom. The zero-order chi connectivity index (χ0) is 21.9. The summed E-state index contributed by atoms with van der Waals surface area (Å²) in [5.74, 6) is 0.244. The zero-order valence-electron chi connectivity index (χ0n) is 17.5. The van der Waals surface area contributed by atoms with Crippen LogP contribution in [-0.4, -0.2) is 25.4 Å². The van der Waals surface area contributed by atoms with E-state index in [-0.39, 0.29) is 5.91 Å². The number of carbonyl (C=O) groups is 1. The van der Waals surface area contributed by atoms with Gasteiger partial charge in [0, 0.05) is 35.8 Å². The fourth-order valence-electron chi connectivity index (χ4n) is 3.65. The van der Waals surface area contributed by atoms with Crippen LogP contribution in [0.2, 0.25) is 0 Å². The average molecular weight is 440 g/mol. The molecule has 0 atom stereocenters. The normalized spacial score (nSPS) is 11.0. The number of amides is 1. The quantitative estimate of drug-likeness (QED) is 0.387. The highest BCUT2D eigenvalue weighted by Crippen LogP contribution is 2.27. The maximum absolute atomic E-state index is 13.0. The first kappa shape index (κ1) is 20.1. The van der Waals surface area contributed by atoms with E-state index in [0.29, 0.717) is 18.2 Å². The lowest BCUT2D eigenvalue weighted by molar-refractivity contribution is 0.102. The fraction of sp³-hybridized carbons (Fsp3) is 0.120. The molecule has 0 aliphatic rings. The maximum atomic E-state index is 13.0. The summed E-state index contributed by atoms with van der Waals surface area (Å²) in [6.07, 6.45) is 2.52. The van der Waals surface area contributed by atoms with Crippen molar-refractivity contribution in [3.63, 3.8) is 0 Å². The van der Waals surface area contributed by atoms with Gasteiger partial charge in [-0.3, -0.25) is 15.1 Å². The van der Waals surface area contributed by atoms with E-state index in [2.05, 4.69) is 20.3 Å². The largest absolute Gasteiger partial charge is 0.310 e. The summed E-state index contributed by atoms with van der Waals surface area (Å²) < 4.78 is 2.02. The number of aryl methyl sites for hydroxylation is 3. The van der Waals surface area contributed by atoms with Gasteiger partial charge in [-0.25, -0.2) is 9.97 Å². The fourth-order valence-corrected chi connectivity index (χ4v) is 4.54. The standard InChI is InChI=1S/C25H21N5OS/c1-17-8-2-3-10-19(17)24-27-21(16-32-24)23(31)29-25-28-20-11-4-5-12-22(20)30(25)15-13-18-9-6-7-14-26-18/h2-12,14,16H,13,15H2,1H3,(H,28,29,31). The number of aromatic nitrogens is 4. The summed E-state index contributed by atoms with van der Waals surface area (Å²) in [6, 6.07) is 21.8. The van der Waals surface area contributed by atoms with E-state index in [1.165, 1.54) is 11.3 Å². The SMILES string of the molecule is Cc1ccccc1-c1nc(C(=O)Nc2nc3ccccc3n2CCc2ccccn2)cs1. The number of anilines is 1. The Morgan fingerprint density at radius 3 is 2.66 bits per heavy atom. The zero-order valence-corrected chi connectivity index (χ0v) is 18.3. The highest BCUT2D eigenvalue weighted by Gasteiger charge is 2.17. The summed E-state index contributed by atoms with van der Waals surface area (Å²) in [6.45, 7) is 2.69. The maximum Gasteiger partial charge on any atom is 0.277 e. The Bertz CT molecular complexity index is 1390. The molecule has 32 heavy (non-hydrogen) atoms. The van der Waals surface area contributed by atoms with Crippen LogP contribution in [0.5, 0.6) is 0 Å². The van der Waals surface area contributed by atoms with Gasteiger partial charge >= 0.3 is 0 Å². The Balaban J connectivity index is 1.41. The number of hydrogen-bond acceptors (Lipinski definition) is 5. The van der Waals surface area contributed by atoms with Crippen molar-refractivity contribution in [3.05, 3.63) is 95.3 Å². The van der Waals surface area contributed by atoms with Crippen molar-refractivity contribution in [2.24, 2.45) is 0 Å². The Hall–Kier alpha value is -3.84. The summed E-state index contributed by atoms with van der Waals surface area (Å²) in [5, 5.41) is 5.59. The number of fused-ring (bicyclic) bond motifs is 1. The number of hydrogen-bond donors (Lipinski definition) is 1. The van der Waals surface area contributed by atoms with E-state index in [9.17, 15) is 4.79 Å². The highest BCUT2D eigenvalue weighted by atomic mass is 32.1. The van der Waals surface area contributed by atoms with Crippen molar-refractivity contribution >= 4 is 34.2 Å². The molecule has 7 heteroatoms. The van der Waals surface area contributed by atoms with Crippen molar-refractivity contribution < 1.29 is 4.79 Å². The molecule has 1 amide bonds. The first-order valence-corrected chi connectivity index (χ1v) is 11.2. The highest BCUT2D eigenvalue weighted by molar-refractivity contribution is 7.13. The molecule has 0 fully saturated rings. The molecule has 1 N–H and O–H groups in total. The van der Waals surface area contributed by atoms with Crippen LogP contribution in [0.3, 0.4) is 0 Å². The molecule has 0 unspecified atom stereocenters. The molecule has 0 aliphatic heterocycles. The second-order valence-electron chi connectivity index (χ2n) is 7.45. The van der Waals surface area contributed by atoms with Gasteiger partial charge in [0.05, 0.1) is 11.0 Å². The second kappa shape index (κ2) is 8.72. The Labute approximate surface area is 189 Å². The van der Waals surface area contributed by atoms with Crippen molar-refractivity contribution in [1.29, 1.82) is 0 Å². The van der Waals surface area contributed by atoms with Gasteiger partial charge in [-0.15, -0.1) is 11.3 Å². The van der Waals surface area contributed by atoms with Crippen LogP contribution in [0.25, 0.3) is 21.6 Å². The molecule has 3 heterocycles. The van der Waals surface area contributed by atoms with Gasteiger partial charge in [-0.2, -0.15) is 0 Å². The molecule has 5 aromatic rings. The van der Waals surface area contributed by atoms with E-state index in [1.807, 2.05) is 78.2 Å². The van der Waals surface area contributed by atoms with Gasteiger partial charge in [-0.1, -0.05) is 42.5 Å². The third kappa shape index (κ3) is 4.02. The van der Waals surface area contributed by atoms with E-state index in [4.69, 9.17) is 0 Å². The van der Waals surface area contributed by atoms with Crippen LogP contribution in [0, 0.1) is 6.92 Å². The molecule has 3 aromatic heterocycles. The molecule has 0 radical (unpaired) electrons. The number of imidazole rings is 1. The smallest absolute Gasteiger partial charge is 0.277 e. The van der Waals surface area contributed by atoms with Crippen LogP contribution < -0.4 is 5.32 Å². The molecular formula is C25H21N5OS. The predicted molar refractivity (Wildman–Crippen MR) is 128 cm³/mol. The number of para-hydroxylation sites is 2. The number of thiazole rings is 1. The summed E-state index contributed by atoms with van der Waals surface area (Å²) in [5.41, 5.74) is 5.35. The van der Waals surface area contributed by atoms with Crippen LogP contribution >= 0.6 is 11.3 Å². The van der Waals surface area contributed by atoms with E-state index in [0.717, 1.165) is 39.3 Å². The first-order valence-electron chi connectivity index (χ1n) is 10.4. The van der Waals surface area contributed by atoms with Crippen LogP contribution in [0.4, 0.5) is 5.95 Å². The molecule has 0 saturated carbocycles. The molecule has 0 saturated heterocycles. The van der Waals surface area contributed by atoms with Gasteiger partial charge in [-0.05, 0) is 36.8 Å². The molecule has 5 rings (SSSR count). The van der Waals surface area contributed by atoms with Crippen LogP contribution in [0.1, 0.15) is 21.7 Å². The van der Waals surface area contributed by atoms with Crippen molar-refractivity contribution in [1.82, 2.24) is 19.5 Å². The molecule has 6 nitrogen and oxygen atoms in total. The number of nitrogens with zero attached hydrogens (tertiary/aromatic N) is 4. The van der Waals surface area contributed by atoms with Gasteiger partial charge in [0.15, 0.2) is 0 Å². The van der Waals surface area contributed by atoms with Crippen molar-refractivity contribution in [3.8, 4) is 10.6 Å². The van der Waals surface area contributed by atoms with E-state index < -0.39 is 0 Å².